The highest BCUT2D eigenvalue weighted by molar-refractivity contribution is 5.42. The van der Waals surface area contributed by atoms with Crippen LogP contribution in [0.4, 0.5) is 0 Å². The number of ether oxygens (including phenoxy) is 1. The smallest absolute Gasteiger partial charge is 0.136 e. The number of hydrogen-bond donors (Lipinski definition) is 1. The summed E-state index contributed by atoms with van der Waals surface area (Å²) in [5.74, 6) is 1.45. The minimum Gasteiger partial charge on any atom is -0.457 e. The lowest BCUT2D eigenvalue weighted by atomic mass is 9.86. The monoisotopic (exact) mass is 271 g/mol. The van der Waals surface area contributed by atoms with Gasteiger partial charge in [-0.15, -0.1) is 0 Å². The average Bonchev–Trinajstić information content (AvgIpc) is 2.40. The second-order valence-electron chi connectivity index (χ2n) is 5.97. The fraction of sp³-hybridized carbons (Fsp3) is 0.353. The summed E-state index contributed by atoms with van der Waals surface area (Å²) >= 11 is 0. The van der Waals surface area contributed by atoms with Gasteiger partial charge in [0.2, 0.25) is 0 Å². The summed E-state index contributed by atoms with van der Waals surface area (Å²) in [6, 6.07) is 7.98. The molecular weight excluding hydrogens is 250 g/mol. The number of aliphatic hydroxyl groups excluding tert-OH is 1. The molecule has 0 saturated carbocycles. The van der Waals surface area contributed by atoms with Gasteiger partial charge in [-0.3, -0.25) is 4.98 Å². The minimum atomic E-state index is -0.0811. The zero-order chi connectivity index (χ0) is 14.8. The summed E-state index contributed by atoms with van der Waals surface area (Å²) in [7, 11) is 0. The zero-order valence-electron chi connectivity index (χ0n) is 12.5. The van der Waals surface area contributed by atoms with Crippen molar-refractivity contribution in [2.45, 2.75) is 39.7 Å². The molecule has 2 rings (SSSR count). The van der Waals surface area contributed by atoms with Gasteiger partial charge < -0.3 is 9.84 Å². The van der Waals surface area contributed by atoms with Gasteiger partial charge in [0, 0.05) is 18.0 Å². The Hall–Kier alpha value is -1.87. The molecule has 0 saturated heterocycles. The Labute approximate surface area is 120 Å². The second kappa shape index (κ2) is 5.63. The topological polar surface area (TPSA) is 42.4 Å². The van der Waals surface area contributed by atoms with E-state index in [9.17, 15) is 5.11 Å². The lowest BCUT2D eigenvalue weighted by Crippen LogP contribution is -2.11. The summed E-state index contributed by atoms with van der Waals surface area (Å²) in [6.45, 7) is 8.52. The van der Waals surface area contributed by atoms with Crippen molar-refractivity contribution in [3.8, 4) is 11.5 Å². The number of benzene rings is 1. The molecule has 0 aliphatic rings. The van der Waals surface area contributed by atoms with E-state index < -0.39 is 0 Å². The molecule has 106 valence electrons. The number of pyridine rings is 1. The molecule has 2 aromatic rings. The highest BCUT2D eigenvalue weighted by Gasteiger charge is 2.15. The highest BCUT2D eigenvalue weighted by atomic mass is 16.5. The molecule has 0 spiro atoms. The number of hydrogen-bond acceptors (Lipinski definition) is 3. The number of rotatable bonds is 3. The molecule has 1 heterocycles. The SMILES string of the molecule is Cc1cc(C(C)(C)C)ccc1Oc1ccncc1CO. The van der Waals surface area contributed by atoms with E-state index in [0.717, 1.165) is 11.3 Å². The molecule has 0 fully saturated rings. The van der Waals surface area contributed by atoms with Gasteiger partial charge in [-0.1, -0.05) is 32.9 Å². The predicted octanol–water partition coefficient (Wildman–Crippen LogP) is 3.97. The van der Waals surface area contributed by atoms with E-state index in [-0.39, 0.29) is 12.0 Å². The van der Waals surface area contributed by atoms with E-state index in [1.54, 1.807) is 18.5 Å². The van der Waals surface area contributed by atoms with Crippen LogP contribution in [0.3, 0.4) is 0 Å². The van der Waals surface area contributed by atoms with Crippen LogP contribution in [0.2, 0.25) is 0 Å². The zero-order valence-corrected chi connectivity index (χ0v) is 12.5. The number of nitrogens with zero attached hydrogens (tertiary/aromatic N) is 1. The first-order valence-electron chi connectivity index (χ1n) is 6.74. The maximum absolute atomic E-state index is 9.30. The lowest BCUT2D eigenvalue weighted by Gasteiger charge is -2.20. The molecule has 0 atom stereocenters. The van der Waals surface area contributed by atoms with Crippen LogP contribution in [-0.4, -0.2) is 10.1 Å². The normalized spacial score (nSPS) is 11.4. The van der Waals surface area contributed by atoms with Crippen LogP contribution in [0.15, 0.2) is 36.7 Å². The molecule has 1 aromatic carbocycles. The van der Waals surface area contributed by atoms with E-state index in [1.165, 1.54) is 5.56 Å². The van der Waals surface area contributed by atoms with Crippen LogP contribution in [0.5, 0.6) is 11.5 Å². The quantitative estimate of drug-likeness (QED) is 0.918. The lowest BCUT2D eigenvalue weighted by molar-refractivity contribution is 0.276. The molecule has 0 aliphatic heterocycles. The van der Waals surface area contributed by atoms with Gasteiger partial charge in [-0.05, 0) is 35.6 Å². The van der Waals surface area contributed by atoms with Gasteiger partial charge in [-0.25, -0.2) is 0 Å². The Morgan fingerprint density at radius 1 is 1.15 bits per heavy atom. The Morgan fingerprint density at radius 2 is 1.90 bits per heavy atom. The van der Waals surface area contributed by atoms with Crippen LogP contribution in [0.1, 0.15) is 37.5 Å². The van der Waals surface area contributed by atoms with Crippen molar-refractivity contribution in [1.29, 1.82) is 0 Å². The van der Waals surface area contributed by atoms with Crippen LogP contribution in [-0.2, 0) is 12.0 Å². The molecule has 1 aromatic heterocycles. The van der Waals surface area contributed by atoms with Gasteiger partial charge in [0.15, 0.2) is 0 Å². The van der Waals surface area contributed by atoms with Crippen LogP contribution in [0.25, 0.3) is 0 Å². The van der Waals surface area contributed by atoms with E-state index in [1.807, 2.05) is 13.0 Å². The van der Waals surface area contributed by atoms with Crippen LogP contribution < -0.4 is 4.74 Å². The molecule has 3 heteroatoms. The fourth-order valence-corrected chi connectivity index (χ4v) is 1.98. The van der Waals surface area contributed by atoms with Gasteiger partial charge in [0.1, 0.15) is 11.5 Å². The summed E-state index contributed by atoms with van der Waals surface area (Å²) < 4.78 is 5.90. The third-order valence-corrected chi connectivity index (χ3v) is 3.29. The summed E-state index contributed by atoms with van der Waals surface area (Å²) in [6.07, 6.45) is 3.28. The number of aryl methyl sites for hydroxylation is 1. The molecule has 0 bridgehead atoms. The van der Waals surface area contributed by atoms with Crippen molar-refractivity contribution in [3.63, 3.8) is 0 Å². The highest BCUT2D eigenvalue weighted by Crippen LogP contribution is 2.31. The third-order valence-electron chi connectivity index (χ3n) is 3.29. The molecule has 0 unspecified atom stereocenters. The summed E-state index contributed by atoms with van der Waals surface area (Å²) in [5.41, 5.74) is 3.17. The number of aliphatic hydroxyl groups is 1. The van der Waals surface area contributed by atoms with Gasteiger partial charge in [0.25, 0.3) is 0 Å². The second-order valence-corrected chi connectivity index (χ2v) is 5.97. The first-order chi connectivity index (χ1) is 9.41. The molecule has 0 aliphatic carbocycles. The van der Waals surface area contributed by atoms with Gasteiger partial charge in [0.05, 0.1) is 6.61 Å². The maximum Gasteiger partial charge on any atom is 0.136 e. The fourth-order valence-electron chi connectivity index (χ4n) is 1.98. The molecular formula is C17H21NO2. The van der Waals surface area contributed by atoms with E-state index >= 15 is 0 Å². The first-order valence-corrected chi connectivity index (χ1v) is 6.74. The van der Waals surface area contributed by atoms with E-state index in [0.29, 0.717) is 11.3 Å². The molecule has 3 nitrogen and oxygen atoms in total. The maximum atomic E-state index is 9.30. The standard InChI is InChI=1S/C17H21NO2/c1-12-9-14(17(2,3)4)5-6-15(12)20-16-7-8-18-10-13(16)11-19/h5-10,19H,11H2,1-4H3. The van der Waals surface area contributed by atoms with Gasteiger partial charge >= 0.3 is 0 Å². The average molecular weight is 271 g/mol. The molecule has 20 heavy (non-hydrogen) atoms. The van der Waals surface area contributed by atoms with E-state index in [2.05, 4.69) is 37.9 Å². The Morgan fingerprint density at radius 3 is 2.50 bits per heavy atom. The summed E-state index contributed by atoms with van der Waals surface area (Å²) in [5, 5.41) is 9.30. The summed E-state index contributed by atoms with van der Waals surface area (Å²) in [4.78, 5) is 3.99. The molecule has 0 radical (unpaired) electrons. The Kier molecular flexibility index (Phi) is 4.09. The number of aromatic nitrogens is 1. The van der Waals surface area contributed by atoms with Gasteiger partial charge in [-0.2, -0.15) is 0 Å². The van der Waals surface area contributed by atoms with Crippen molar-refractivity contribution in [3.05, 3.63) is 53.3 Å². The van der Waals surface area contributed by atoms with Crippen molar-refractivity contribution in [2.24, 2.45) is 0 Å². The van der Waals surface area contributed by atoms with Crippen molar-refractivity contribution < 1.29 is 9.84 Å². The Balaban J connectivity index is 2.31. The van der Waals surface area contributed by atoms with E-state index in [4.69, 9.17) is 4.74 Å². The van der Waals surface area contributed by atoms with Crippen molar-refractivity contribution in [1.82, 2.24) is 4.98 Å². The minimum absolute atomic E-state index is 0.0811. The largest absolute Gasteiger partial charge is 0.457 e. The van der Waals surface area contributed by atoms with Crippen molar-refractivity contribution in [2.75, 3.05) is 0 Å². The van der Waals surface area contributed by atoms with Crippen LogP contribution >= 0.6 is 0 Å². The Bertz CT molecular complexity index is 600. The third kappa shape index (κ3) is 3.17. The van der Waals surface area contributed by atoms with Crippen LogP contribution in [0, 0.1) is 6.92 Å². The molecule has 0 amide bonds. The van der Waals surface area contributed by atoms with Crippen molar-refractivity contribution >= 4 is 0 Å². The first kappa shape index (κ1) is 14.5. The molecule has 1 N–H and O–H groups in total. The predicted molar refractivity (Wildman–Crippen MR) is 80.1 cm³/mol.